The summed E-state index contributed by atoms with van der Waals surface area (Å²) in [6, 6.07) is 10.1. The number of carbonyl (C=O) groups excluding carboxylic acids is 1. The Bertz CT molecular complexity index is 683. The summed E-state index contributed by atoms with van der Waals surface area (Å²) in [6.45, 7) is 4.74. The molecule has 3 rings (SSSR count). The fourth-order valence-corrected chi connectivity index (χ4v) is 4.13. The van der Waals surface area contributed by atoms with Crippen molar-refractivity contribution in [1.29, 1.82) is 0 Å². The van der Waals surface area contributed by atoms with Crippen molar-refractivity contribution < 1.29 is 9.21 Å². The molecule has 0 radical (unpaired) electrons. The van der Waals surface area contributed by atoms with Crippen molar-refractivity contribution in [2.75, 3.05) is 6.54 Å². The third-order valence-corrected chi connectivity index (χ3v) is 5.61. The van der Waals surface area contributed by atoms with Gasteiger partial charge in [-0.1, -0.05) is 49.2 Å². The SMILES string of the molecule is CCN(C(=O)C(C)Sc1nnc(-c2ccccc2)o1)C1CCCCC1. The van der Waals surface area contributed by atoms with E-state index in [0.29, 0.717) is 17.2 Å². The van der Waals surface area contributed by atoms with Crippen molar-refractivity contribution in [2.24, 2.45) is 0 Å². The third kappa shape index (κ3) is 4.42. The van der Waals surface area contributed by atoms with Gasteiger partial charge in [0, 0.05) is 18.2 Å². The van der Waals surface area contributed by atoms with Crippen LogP contribution in [-0.4, -0.2) is 38.8 Å². The number of aromatic nitrogens is 2. The fraction of sp³-hybridized carbons (Fsp3) is 0.526. The first-order chi connectivity index (χ1) is 12.2. The Labute approximate surface area is 153 Å². The standard InChI is InChI=1S/C19H25N3O2S/c1-3-22(16-12-8-5-9-13-16)18(23)14(2)25-19-21-20-17(24-19)15-10-6-4-7-11-15/h4,6-7,10-11,14,16H,3,5,8-9,12-13H2,1-2H3. The number of hydrogen-bond acceptors (Lipinski definition) is 5. The number of thioether (sulfide) groups is 1. The molecule has 1 aromatic carbocycles. The summed E-state index contributed by atoms with van der Waals surface area (Å²) in [5.41, 5.74) is 0.887. The molecule has 0 bridgehead atoms. The van der Waals surface area contributed by atoms with Crippen molar-refractivity contribution >= 4 is 17.7 Å². The summed E-state index contributed by atoms with van der Waals surface area (Å²) in [5, 5.41) is 8.39. The molecule has 134 valence electrons. The van der Waals surface area contributed by atoms with Crippen LogP contribution in [-0.2, 0) is 4.79 Å². The van der Waals surface area contributed by atoms with E-state index in [4.69, 9.17) is 4.42 Å². The Morgan fingerprint density at radius 2 is 1.96 bits per heavy atom. The van der Waals surface area contributed by atoms with Crippen LogP contribution in [0.1, 0.15) is 46.0 Å². The van der Waals surface area contributed by atoms with Gasteiger partial charge in [0.25, 0.3) is 5.22 Å². The maximum absolute atomic E-state index is 12.9. The lowest BCUT2D eigenvalue weighted by Crippen LogP contribution is -2.44. The number of amides is 1. The highest BCUT2D eigenvalue weighted by Gasteiger charge is 2.29. The summed E-state index contributed by atoms with van der Waals surface area (Å²) in [4.78, 5) is 14.9. The largest absolute Gasteiger partial charge is 0.411 e. The van der Waals surface area contributed by atoms with Crippen molar-refractivity contribution in [3.05, 3.63) is 30.3 Å². The zero-order chi connectivity index (χ0) is 17.6. The van der Waals surface area contributed by atoms with E-state index in [-0.39, 0.29) is 11.2 Å². The van der Waals surface area contributed by atoms with E-state index in [0.717, 1.165) is 24.9 Å². The van der Waals surface area contributed by atoms with Gasteiger partial charge in [-0.05, 0) is 38.8 Å². The van der Waals surface area contributed by atoms with Gasteiger partial charge in [-0.2, -0.15) is 0 Å². The molecular formula is C19H25N3O2S. The first kappa shape index (κ1) is 18.0. The molecular weight excluding hydrogens is 334 g/mol. The molecule has 25 heavy (non-hydrogen) atoms. The van der Waals surface area contributed by atoms with Gasteiger partial charge >= 0.3 is 0 Å². The van der Waals surface area contributed by atoms with Crippen LogP contribution >= 0.6 is 11.8 Å². The molecule has 1 atom stereocenters. The lowest BCUT2D eigenvalue weighted by molar-refractivity contribution is -0.133. The molecule has 1 aromatic heterocycles. The molecule has 1 unspecified atom stereocenters. The maximum Gasteiger partial charge on any atom is 0.277 e. The van der Waals surface area contributed by atoms with Crippen LogP contribution in [0.4, 0.5) is 0 Å². The molecule has 1 saturated carbocycles. The predicted octanol–water partition coefficient (Wildman–Crippen LogP) is 4.40. The van der Waals surface area contributed by atoms with Gasteiger partial charge < -0.3 is 9.32 Å². The van der Waals surface area contributed by atoms with Gasteiger partial charge in [-0.3, -0.25) is 4.79 Å². The topological polar surface area (TPSA) is 59.2 Å². The van der Waals surface area contributed by atoms with Crippen LogP contribution in [0.25, 0.3) is 11.5 Å². The van der Waals surface area contributed by atoms with E-state index in [2.05, 4.69) is 17.1 Å². The minimum absolute atomic E-state index is 0.166. The molecule has 0 spiro atoms. The molecule has 0 saturated heterocycles. The van der Waals surface area contributed by atoms with Gasteiger partial charge in [0.1, 0.15) is 0 Å². The van der Waals surface area contributed by atoms with E-state index in [1.807, 2.05) is 42.2 Å². The van der Waals surface area contributed by atoms with Gasteiger partial charge in [-0.15, -0.1) is 10.2 Å². The molecule has 5 nitrogen and oxygen atoms in total. The second-order valence-corrected chi connectivity index (χ2v) is 7.71. The van der Waals surface area contributed by atoms with E-state index < -0.39 is 0 Å². The zero-order valence-corrected chi connectivity index (χ0v) is 15.7. The lowest BCUT2D eigenvalue weighted by atomic mass is 9.94. The Balaban J connectivity index is 1.64. The second kappa shape index (κ2) is 8.52. The summed E-state index contributed by atoms with van der Waals surface area (Å²) in [6.07, 6.45) is 5.97. The molecule has 1 fully saturated rings. The molecule has 0 N–H and O–H groups in total. The fourth-order valence-electron chi connectivity index (χ4n) is 3.38. The number of rotatable bonds is 6. The Hall–Kier alpha value is -1.82. The molecule has 1 heterocycles. The Morgan fingerprint density at radius 3 is 2.64 bits per heavy atom. The average Bonchev–Trinajstić information content (AvgIpc) is 3.12. The predicted molar refractivity (Wildman–Crippen MR) is 99.3 cm³/mol. The molecule has 0 aliphatic heterocycles. The Kier molecular flexibility index (Phi) is 6.13. The van der Waals surface area contributed by atoms with Gasteiger partial charge in [0.05, 0.1) is 5.25 Å². The van der Waals surface area contributed by atoms with E-state index in [9.17, 15) is 4.79 Å². The van der Waals surface area contributed by atoms with Crippen molar-refractivity contribution in [3.8, 4) is 11.5 Å². The van der Waals surface area contributed by atoms with Crippen LogP contribution < -0.4 is 0 Å². The van der Waals surface area contributed by atoms with Crippen LogP contribution in [0, 0.1) is 0 Å². The van der Waals surface area contributed by atoms with Crippen LogP contribution in [0.15, 0.2) is 40.0 Å². The van der Waals surface area contributed by atoms with Crippen LogP contribution in [0.5, 0.6) is 0 Å². The van der Waals surface area contributed by atoms with Gasteiger partial charge in [0.2, 0.25) is 11.8 Å². The van der Waals surface area contributed by atoms with Crippen molar-refractivity contribution in [3.63, 3.8) is 0 Å². The molecule has 6 heteroatoms. The summed E-state index contributed by atoms with van der Waals surface area (Å²) in [5.74, 6) is 0.654. The summed E-state index contributed by atoms with van der Waals surface area (Å²) < 4.78 is 5.72. The van der Waals surface area contributed by atoms with Crippen molar-refractivity contribution in [1.82, 2.24) is 15.1 Å². The van der Waals surface area contributed by atoms with Crippen molar-refractivity contribution in [2.45, 2.75) is 62.5 Å². The highest BCUT2D eigenvalue weighted by molar-refractivity contribution is 8.00. The number of nitrogens with zero attached hydrogens (tertiary/aromatic N) is 3. The zero-order valence-electron chi connectivity index (χ0n) is 14.9. The van der Waals surface area contributed by atoms with Gasteiger partial charge in [-0.25, -0.2) is 0 Å². The number of benzene rings is 1. The quantitative estimate of drug-likeness (QED) is 0.716. The normalized spacial score (nSPS) is 16.6. The second-order valence-electron chi connectivity index (χ2n) is 6.42. The molecule has 1 aliphatic carbocycles. The minimum atomic E-state index is -0.231. The lowest BCUT2D eigenvalue weighted by Gasteiger charge is -2.34. The third-order valence-electron chi connectivity index (χ3n) is 4.69. The molecule has 2 aromatic rings. The van der Waals surface area contributed by atoms with Crippen LogP contribution in [0.3, 0.4) is 0 Å². The molecule has 1 aliphatic rings. The highest BCUT2D eigenvalue weighted by atomic mass is 32.2. The van der Waals surface area contributed by atoms with E-state index in [1.165, 1.54) is 31.0 Å². The number of hydrogen-bond donors (Lipinski definition) is 0. The Morgan fingerprint density at radius 1 is 1.24 bits per heavy atom. The number of carbonyl (C=O) groups is 1. The highest BCUT2D eigenvalue weighted by Crippen LogP contribution is 2.29. The maximum atomic E-state index is 12.9. The van der Waals surface area contributed by atoms with E-state index >= 15 is 0 Å². The molecule has 1 amide bonds. The monoisotopic (exact) mass is 359 g/mol. The van der Waals surface area contributed by atoms with Gasteiger partial charge in [0.15, 0.2) is 0 Å². The summed E-state index contributed by atoms with van der Waals surface area (Å²) in [7, 11) is 0. The minimum Gasteiger partial charge on any atom is -0.411 e. The van der Waals surface area contributed by atoms with Crippen LogP contribution in [0.2, 0.25) is 0 Å². The van der Waals surface area contributed by atoms with E-state index in [1.54, 1.807) is 0 Å². The first-order valence-corrected chi connectivity index (χ1v) is 9.93. The summed E-state index contributed by atoms with van der Waals surface area (Å²) >= 11 is 1.34. The first-order valence-electron chi connectivity index (χ1n) is 9.05. The smallest absolute Gasteiger partial charge is 0.277 e. The average molecular weight is 359 g/mol.